The summed E-state index contributed by atoms with van der Waals surface area (Å²) in [5, 5.41) is 3.21. The van der Waals surface area contributed by atoms with E-state index in [0.717, 1.165) is 17.0 Å². The van der Waals surface area contributed by atoms with Crippen LogP contribution in [0.3, 0.4) is 0 Å². The Morgan fingerprint density at radius 1 is 0.968 bits per heavy atom. The van der Waals surface area contributed by atoms with Crippen LogP contribution in [0.25, 0.3) is 10.9 Å². The van der Waals surface area contributed by atoms with Crippen molar-refractivity contribution >= 4 is 28.4 Å². The molecule has 6 nitrogen and oxygen atoms in total. The number of aromatic amines is 1. The summed E-state index contributed by atoms with van der Waals surface area (Å²) in [4.78, 5) is 31.8. The Morgan fingerprint density at radius 3 is 2.39 bits per heavy atom. The van der Waals surface area contributed by atoms with Crippen LogP contribution in [0.5, 0.6) is 0 Å². The van der Waals surface area contributed by atoms with Crippen molar-refractivity contribution in [2.45, 2.75) is 6.18 Å². The van der Waals surface area contributed by atoms with Crippen LogP contribution in [0.15, 0.2) is 54.7 Å². The Balaban J connectivity index is 1.33. The highest BCUT2D eigenvalue weighted by atomic mass is 19.4. The predicted molar refractivity (Wildman–Crippen MR) is 111 cm³/mol. The number of rotatable bonds is 4. The number of benzene rings is 2. The predicted octanol–water partition coefficient (Wildman–Crippen LogP) is 3.58. The monoisotopic (exact) mass is 430 g/mol. The van der Waals surface area contributed by atoms with E-state index in [9.17, 15) is 22.8 Å². The van der Waals surface area contributed by atoms with Crippen molar-refractivity contribution in [2.75, 3.05) is 38.0 Å². The summed E-state index contributed by atoms with van der Waals surface area (Å²) in [6, 6.07) is 12.5. The van der Waals surface area contributed by atoms with E-state index in [1.807, 2.05) is 29.2 Å². The van der Waals surface area contributed by atoms with Gasteiger partial charge in [-0.25, -0.2) is 0 Å². The van der Waals surface area contributed by atoms with Crippen molar-refractivity contribution in [2.24, 2.45) is 0 Å². The van der Waals surface area contributed by atoms with Crippen LogP contribution in [0, 0.1) is 0 Å². The lowest BCUT2D eigenvalue weighted by Crippen LogP contribution is -2.50. The number of hydrogen-bond donors (Lipinski definition) is 2. The second kappa shape index (κ2) is 8.43. The molecule has 162 valence electrons. The maximum Gasteiger partial charge on any atom is 0.418 e. The summed E-state index contributed by atoms with van der Waals surface area (Å²) < 4.78 is 39.3. The number of anilines is 1. The number of carbonyl (C=O) groups excluding carboxylic acids is 2. The first-order valence-corrected chi connectivity index (χ1v) is 9.87. The van der Waals surface area contributed by atoms with E-state index >= 15 is 0 Å². The first-order valence-electron chi connectivity index (χ1n) is 9.87. The molecule has 0 spiro atoms. The number of carbonyl (C=O) groups is 2. The van der Waals surface area contributed by atoms with Gasteiger partial charge in [-0.15, -0.1) is 0 Å². The minimum Gasteiger partial charge on any atom is -0.360 e. The molecule has 0 saturated carbocycles. The van der Waals surface area contributed by atoms with Gasteiger partial charge in [-0.2, -0.15) is 13.2 Å². The number of piperazine rings is 1. The average molecular weight is 430 g/mol. The zero-order chi connectivity index (χ0) is 22.0. The van der Waals surface area contributed by atoms with Gasteiger partial charge in [0.1, 0.15) is 0 Å². The van der Waals surface area contributed by atoms with Gasteiger partial charge in [-0.05, 0) is 18.2 Å². The van der Waals surface area contributed by atoms with Crippen LogP contribution in [0.2, 0.25) is 0 Å². The lowest BCUT2D eigenvalue weighted by molar-refractivity contribution is -0.137. The summed E-state index contributed by atoms with van der Waals surface area (Å²) >= 11 is 0. The molecule has 1 fully saturated rings. The molecule has 1 aliphatic rings. The summed E-state index contributed by atoms with van der Waals surface area (Å²) in [5.74, 6) is -0.603. The maximum absolute atomic E-state index is 13.1. The van der Waals surface area contributed by atoms with Crippen LogP contribution in [0.4, 0.5) is 18.9 Å². The molecule has 1 aromatic heterocycles. The number of amides is 2. The van der Waals surface area contributed by atoms with Crippen molar-refractivity contribution < 1.29 is 22.8 Å². The van der Waals surface area contributed by atoms with Crippen LogP contribution < -0.4 is 5.32 Å². The Labute approximate surface area is 176 Å². The van der Waals surface area contributed by atoms with Gasteiger partial charge in [0.25, 0.3) is 5.91 Å². The van der Waals surface area contributed by atoms with Gasteiger partial charge in [0.2, 0.25) is 5.91 Å². The van der Waals surface area contributed by atoms with Gasteiger partial charge in [-0.3, -0.25) is 14.5 Å². The van der Waals surface area contributed by atoms with Crippen molar-refractivity contribution in [1.29, 1.82) is 0 Å². The molecule has 31 heavy (non-hydrogen) atoms. The Kier molecular flexibility index (Phi) is 5.69. The SMILES string of the molecule is O=C(CN1CCN(C(=O)c2c[nH]c3ccccc23)CC1)Nc1ccccc1C(F)(F)F. The van der Waals surface area contributed by atoms with E-state index < -0.39 is 17.6 Å². The number of fused-ring (bicyclic) bond motifs is 1. The van der Waals surface area contributed by atoms with Gasteiger partial charge in [0, 0.05) is 43.3 Å². The zero-order valence-corrected chi connectivity index (χ0v) is 16.6. The highest BCUT2D eigenvalue weighted by Crippen LogP contribution is 2.34. The van der Waals surface area contributed by atoms with Crippen LogP contribution in [-0.4, -0.2) is 59.3 Å². The summed E-state index contributed by atoms with van der Waals surface area (Å²) in [6.07, 6.45) is -2.84. The molecule has 0 unspecified atom stereocenters. The van der Waals surface area contributed by atoms with E-state index in [1.165, 1.54) is 18.2 Å². The first kappa shape index (κ1) is 20.9. The molecule has 3 aromatic rings. The normalized spacial score (nSPS) is 15.3. The van der Waals surface area contributed by atoms with Crippen molar-refractivity contribution in [3.8, 4) is 0 Å². The Hall–Kier alpha value is -3.33. The third-order valence-electron chi connectivity index (χ3n) is 5.35. The fourth-order valence-electron chi connectivity index (χ4n) is 3.76. The number of para-hydroxylation sites is 2. The molecule has 0 bridgehead atoms. The van der Waals surface area contributed by atoms with E-state index in [1.54, 1.807) is 11.1 Å². The molecule has 1 aliphatic heterocycles. The van der Waals surface area contributed by atoms with E-state index in [4.69, 9.17) is 0 Å². The van der Waals surface area contributed by atoms with E-state index in [-0.39, 0.29) is 18.1 Å². The maximum atomic E-state index is 13.1. The Morgan fingerprint density at radius 2 is 1.65 bits per heavy atom. The number of nitrogens with zero attached hydrogens (tertiary/aromatic N) is 2. The van der Waals surface area contributed by atoms with Crippen molar-refractivity contribution in [3.63, 3.8) is 0 Å². The molecule has 2 aromatic carbocycles. The van der Waals surface area contributed by atoms with Gasteiger partial charge in [0.15, 0.2) is 0 Å². The highest BCUT2D eigenvalue weighted by Gasteiger charge is 2.33. The topological polar surface area (TPSA) is 68.4 Å². The molecule has 0 radical (unpaired) electrons. The average Bonchev–Trinajstić information content (AvgIpc) is 3.17. The molecule has 9 heteroatoms. The summed E-state index contributed by atoms with van der Waals surface area (Å²) in [7, 11) is 0. The van der Waals surface area contributed by atoms with Gasteiger partial charge in [0.05, 0.1) is 23.4 Å². The fraction of sp³-hybridized carbons (Fsp3) is 0.273. The van der Waals surface area contributed by atoms with Crippen molar-refractivity contribution in [1.82, 2.24) is 14.8 Å². The standard InChI is InChI=1S/C22H21F3N4O2/c23-22(24,25)17-6-2-4-8-19(17)27-20(30)14-28-9-11-29(12-10-28)21(31)16-13-26-18-7-3-1-5-15(16)18/h1-8,13,26H,9-12,14H2,(H,27,30). The quantitative estimate of drug-likeness (QED) is 0.665. The summed E-state index contributed by atoms with van der Waals surface area (Å²) in [5.41, 5.74) is 0.358. The summed E-state index contributed by atoms with van der Waals surface area (Å²) in [6.45, 7) is 1.75. The van der Waals surface area contributed by atoms with Crippen LogP contribution in [0.1, 0.15) is 15.9 Å². The zero-order valence-electron chi connectivity index (χ0n) is 16.6. The lowest BCUT2D eigenvalue weighted by Gasteiger charge is -2.34. The van der Waals surface area contributed by atoms with Gasteiger partial charge < -0.3 is 15.2 Å². The third-order valence-corrected chi connectivity index (χ3v) is 5.35. The molecular formula is C22H21F3N4O2. The van der Waals surface area contributed by atoms with Crippen LogP contribution >= 0.6 is 0 Å². The van der Waals surface area contributed by atoms with Crippen molar-refractivity contribution in [3.05, 3.63) is 65.9 Å². The minimum atomic E-state index is -4.54. The minimum absolute atomic E-state index is 0.0404. The smallest absolute Gasteiger partial charge is 0.360 e. The molecule has 0 atom stereocenters. The largest absolute Gasteiger partial charge is 0.418 e. The van der Waals surface area contributed by atoms with E-state index in [0.29, 0.717) is 31.7 Å². The fourth-order valence-corrected chi connectivity index (χ4v) is 3.76. The van der Waals surface area contributed by atoms with Gasteiger partial charge in [-0.1, -0.05) is 30.3 Å². The molecular weight excluding hydrogens is 409 g/mol. The molecule has 0 aliphatic carbocycles. The molecule has 2 heterocycles. The molecule has 1 saturated heterocycles. The van der Waals surface area contributed by atoms with Crippen LogP contribution in [-0.2, 0) is 11.0 Å². The number of nitrogens with one attached hydrogen (secondary N) is 2. The highest BCUT2D eigenvalue weighted by molar-refractivity contribution is 6.06. The molecule has 2 N–H and O–H groups in total. The lowest BCUT2D eigenvalue weighted by atomic mass is 10.1. The van der Waals surface area contributed by atoms with E-state index in [2.05, 4.69) is 10.3 Å². The number of hydrogen-bond acceptors (Lipinski definition) is 3. The van der Waals surface area contributed by atoms with Gasteiger partial charge >= 0.3 is 6.18 Å². The number of alkyl halides is 3. The Bertz CT molecular complexity index is 1100. The molecule has 2 amide bonds. The first-order chi connectivity index (χ1) is 14.8. The molecule has 4 rings (SSSR count). The second-order valence-electron chi connectivity index (χ2n) is 7.41. The number of aromatic nitrogens is 1. The third kappa shape index (κ3) is 4.56. The number of halogens is 3. The second-order valence-corrected chi connectivity index (χ2v) is 7.41. The number of H-pyrrole nitrogens is 1.